The molecular formula is C13H17N3O. The molecule has 4 heteroatoms. The van der Waals surface area contributed by atoms with Gasteiger partial charge in [-0.15, -0.1) is 0 Å². The first-order valence-corrected chi connectivity index (χ1v) is 5.63. The van der Waals surface area contributed by atoms with Crippen LogP contribution in [0.5, 0.6) is 0 Å². The van der Waals surface area contributed by atoms with Crippen molar-refractivity contribution in [1.29, 1.82) is 0 Å². The molecular weight excluding hydrogens is 214 g/mol. The van der Waals surface area contributed by atoms with E-state index in [1.807, 2.05) is 45.0 Å². The SMILES string of the molecule is Cn1nc2ccccc2c(NC(C)(C)C)c1=O. The monoisotopic (exact) mass is 231 g/mol. The highest BCUT2D eigenvalue weighted by Crippen LogP contribution is 2.20. The minimum absolute atomic E-state index is 0.0985. The summed E-state index contributed by atoms with van der Waals surface area (Å²) in [5.74, 6) is 0. The highest BCUT2D eigenvalue weighted by atomic mass is 16.1. The van der Waals surface area contributed by atoms with Crippen molar-refractivity contribution in [2.45, 2.75) is 26.3 Å². The quantitative estimate of drug-likeness (QED) is 0.818. The molecule has 17 heavy (non-hydrogen) atoms. The first kappa shape index (κ1) is 11.6. The normalized spacial score (nSPS) is 11.8. The number of benzene rings is 1. The molecule has 0 saturated heterocycles. The molecule has 1 heterocycles. The molecule has 0 aliphatic heterocycles. The van der Waals surface area contributed by atoms with Gasteiger partial charge in [0.2, 0.25) is 0 Å². The van der Waals surface area contributed by atoms with Crippen molar-refractivity contribution in [3.63, 3.8) is 0 Å². The van der Waals surface area contributed by atoms with Gasteiger partial charge in [0.1, 0.15) is 5.69 Å². The summed E-state index contributed by atoms with van der Waals surface area (Å²) >= 11 is 0. The van der Waals surface area contributed by atoms with Crippen LogP contribution in [-0.4, -0.2) is 15.3 Å². The molecule has 90 valence electrons. The van der Waals surface area contributed by atoms with Gasteiger partial charge in [-0.25, -0.2) is 4.68 Å². The number of hydrogen-bond acceptors (Lipinski definition) is 3. The van der Waals surface area contributed by atoms with Crippen LogP contribution >= 0.6 is 0 Å². The van der Waals surface area contributed by atoms with Crippen LogP contribution in [0.1, 0.15) is 20.8 Å². The fourth-order valence-corrected chi connectivity index (χ4v) is 1.75. The van der Waals surface area contributed by atoms with Gasteiger partial charge in [0.05, 0.1) is 5.52 Å². The van der Waals surface area contributed by atoms with Crippen LogP contribution in [-0.2, 0) is 7.05 Å². The van der Waals surface area contributed by atoms with Gasteiger partial charge in [-0.2, -0.15) is 5.10 Å². The molecule has 0 aliphatic carbocycles. The molecule has 0 amide bonds. The maximum atomic E-state index is 12.1. The maximum absolute atomic E-state index is 12.1. The predicted molar refractivity (Wildman–Crippen MR) is 70.4 cm³/mol. The van der Waals surface area contributed by atoms with E-state index in [9.17, 15) is 4.79 Å². The third kappa shape index (κ3) is 2.30. The smallest absolute Gasteiger partial charge is 0.290 e. The Balaban J connectivity index is 2.75. The van der Waals surface area contributed by atoms with Crippen molar-refractivity contribution >= 4 is 16.6 Å². The standard InChI is InChI=1S/C13H17N3O/c1-13(2,3)14-11-9-7-5-6-8-10(9)15-16(4)12(11)17/h5-8,14H,1-4H3. The molecule has 2 rings (SSSR count). The molecule has 0 radical (unpaired) electrons. The van der Waals surface area contributed by atoms with E-state index in [-0.39, 0.29) is 11.1 Å². The third-order valence-corrected chi connectivity index (χ3v) is 2.44. The molecule has 0 bridgehead atoms. The van der Waals surface area contributed by atoms with Crippen LogP contribution in [0.15, 0.2) is 29.1 Å². The zero-order valence-electron chi connectivity index (χ0n) is 10.6. The molecule has 0 aliphatic rings. The number of rotatable bonds is 1. The van der Waals surface area contributed by atoms with E-state index in [0.29, 0.717) is 5.69 Å². The van der Waals surface area contributed by atoms with Crippen molar-refractivity contribution in [1.82, 2.24) is 9.78 Å². The summed E-state index contributed by atoms with van der Waals surface area (Å²) in [6.07, 6.45) is 0. The second-order valence-corrected chi connectivity index (χ2v) is 5.20. The average Bonchev–Trinajstić information content (AvgIpc) is 2.23. The molecule has 4 nitrogen and oxygen atoms in total. The topological polar surface area (TPSA) is 46.9 Å². The molecule has 2 aromatic rings. The van der Waals surface area contributed by atoms with E-state index < -0.39 is 0 Å². The Kier molecular flexibility index (Phi) is 2.65. The highest BCUT2D eigenvalue weighted by Gasteiger charge is 2.15. The van der Waals surface area contributed by atoms with Crippen LogP contribution in [0.3, 0.4) is 0 Å². The minimum Gasteiger partial charge on any atom is -0.375 e. The lowest BCUT2D eigenvalue weighted by atomic mass is 10.1. The first-order chi connectivity index (χ1) is 7.88. The van der Waals surface area contributed by atoms with E-state index >= 15 is 0 Å². The summed E-state index contributed by atoms with van der Waals surface area (Å²) in [6, 6.07) is 7.65. The fourth-order valence-electron chi connectivity index (χ4n) is 1.75. The van der Waals surface area contributed by atoms with Crippen LogP contribution < -0.4 is 10.9 Å². The van der Waals surface area contributed by atoms with Crippen molar-refractivity contribution in [2.75, 3.05) is 5.32 Å². The van der Waals surface area contributed by atoms with Gasteiger partial charge in [-0.3, -0.25) is 4.79 Å². The zero-order chi connectivity index (χ0) is 12.6. The van der Waals surface area contributed by atoms with Gasteiger partial charge < -0.3 is 5.32 Å². The maximum Gasteiger partial charge on any atom is 0.290 e. The highest BCUT2D eigenvalue weighted by molar-refractivity contribution is 5.90. The number of nitrogens with one attached hydrogen (secondary N) is 1. The van der Waals surface area contributed by atoms with Gasteiger partial charge in [0, 0.05) is 18.0 Å². The summed E-state index contributed by atoms with van der Waals surface area (Å²) in [5, 5.41) is 8.36. The number of aryl methyl sites for hydroxylation is 1. The molecule has 0 saturated carbocycles. The van der Waals surface area contributed by atoms with Gasteiger partial charge in [0.25, 0.3) is 5.56 Å². The minimum atomic E-state index is -0.156. The predicted octanol–water partition coefficient (Wildman–Crippen LogP) is 2.14. The lowest BCUT2D eigenvalue weighted by molar-refractivity contribution is 0.628. The van der Waals surface area contributed by atoms with Crippen LogP contribution in [0, 0.1) is 0 Å². The summed E-state index contributed by atoms with van der Waals surface area (Å²) in [4.78, 5) is 12.1. The summed E-state index contributed by atoms with van der Waals surface area (Å²) < 4.78 is 1.37. The number of nitrogens with zero attached hydrogens (tertiary/aromatic N) is 2. The number of hydrogen-bond donors (Lipinski definition) is 1. The van der Waals surface area contributed by atoms with E-state index in [4.69, 9.17) is 0 Å². The summed E-state index contributed by atoms with van der Waals surface area (Å²) in [5.41, 5.74) is 1.18. The van der Waals surface area contributed by atoms with Gasteiger partial charge in [0.15, 0.2) is 0 Å². The Morgan fingerprint density at radius 1 is 1.24 bits per heavy atom. The van der Waals surface area contributed by atoms with Crippen molar-refractivity contribution in [3.05, 3.63) is 34.6 Å². The van der Waals surface area contributed by atoms with E-state index in [1.54, 1.807) is 7.05 Å². The Morgan fingerprint density at radius 3 is 2.53 bits per heavy atom. The van der Waals surface area contributed by atoms with E-state index in [0.717, 1.165) is 10.9 Å². The van der Waals surface area contributed by atoms with Crippen molar-refractivity contribution in [2.24, 2.45) is 7.05 Å². The van der Waals surface area contributed by atoms with Crippen molar-refractivity contribution < 1.29 is 0 Å². The Morgan fingerprint density at radius 2 is 1.88 bits per heavy atom. The summed E-state index contributed by atoms with van der Waals surface area (Å²) in [6.45, 7) is 6.09. The Bertz CT molecular complexity index is 608. The van der Waals surface area contributed by atoms with Crippen LogP contribution in [0.25, 0.3) is 10.9 Å². The molecule has 1 aromatic heterocycles. The third-order valence-electron chi connectivity index (χ3n) is 2.44. The van der Waals surface area contributed by atoms with Crippen LogP contribution in [0.4, 0.5) is 5.69 Å². The lowest BCUT2D eigenvalue weighted by Gasteiger charge is -2.22. The van der Waals surface area contributed by atoms with Crippen LogP contribution in [0.2, 0.25) is 0 Å². The average molecular weight is 231 g/mol. The van der Waals surface area contributed by atoms with Gasteiger partial charge in [-0.1, -0.05) is 18.2 Å². The molecule has 0 unspecified atom stereocenters. The largest absolute Gasteiger partial charge is 0.375 e. The Hall–Kier alpha value is -1.84. The molecule has 0 fully saturated rings. The van der Waals surface area contributed by atoms with E-state index in [1.165, 1.54) is 4.68 Å². The first-order valence-electron chi connectivity index (χ1n) is 5.63. The van der Waals surface area contributed by atoms with Gasteiger partial charge in [-0.05, 0) is 26.8 Å². The molecule has 1 N–H and O–H groups in total. The zero-order valence-corrected chi connectivity index (χ0v) is 10.6. The second kappa shape index (κ2) is 3.87. The van der Waals surface area contributed by atoms with Crippen molar-refractivity contribution in [3.8, 4) is 0 Å². The number of anilines is 1. The fraction of sp³-hybridized carbons (Fsp3) is 0.385. The second-order valence-electron chi connectivity index (χ2n) is 5.20. The lowest BCUT2D eigenvalue weighted by Crippen LogP contribution is -2.32. The number of aromatic nitrogens is 2. The number of fused-ring (bicyclic) bond motifs is 1. The molecule has 0 spiro atoms. The molecule has 0 atom stereocenters. The van der Waals surface area contributed by atoms with E-state index in [2.05, 4.69) is 10.4 Å². The molecule has 1 aromatic carbocycles. The van der Waals surface area contributed by atoms with Gasteiger partial charge >= 0.3 is 0 Å². The summed E-state index contributed by atoms with van der Waals surface area (Å²) in [7, 11) is 1.67. The Labute approximate surface area is 100 Å².